The first-order valence-electron chi connectivity index (χ1n) is 7.09. The van der Waals surface area contributed by atoms with Crippen LogP contribution in [0.1, 0.15) is 12.8 Å². The second kappa shape index (κ2) is 5.91. The van der Waals surface area contributed by atoms with E-state index in [0.717, 1.165) is 17.1 Å². The van der Waals surface area contributed by atoms with E-state index in [1.54, 1.807) is 12.4 Å². The zero-order chi connectivity index (χ0) is 14.7. The molecule has 1 aliphatic rings. The molecule has 21 heavy (non-hydrogen) atoms. The van der Waals surface area contributed by atoms with Gasteiger partial charge in [-0.1, -0.05) is 30.3 Å². The van der Waals surface area contributed by atoms with Crippen LogP contribution in [0.15, 0.2) is 42.7 Å². The molecule has 1 aromatic heterocycles. The zero-order valence-corrected chi connectivity index (χ0v) is 11.6. The van der Waals surface area contributed by atoms with E-state index in [9.17, 15) is 4.79 Å². The van der Waals surface area contributed by atoms with Gasteiger partial charge in [0.25, 0.3) is 0 Å². The van der Waals surface area contributed by atoms with Crippen molar-refractivity contribution in [3.05, 3.63) is 42.7 Å². The Hall–Kier alpha value is -2.43. The minimum atomic E-state index is -0.696. The maximum Gasteiger partial charge on any atom is 0.306 e. The lowest BCUT2D eigenvalue weighted by atomic mass is 9.97. The van der Waals surface area contributed by atoms with Gasteiger partial charge in [0.05, 0.1) is 24.0 Å². The molecule has 0 spiro atoms. The molecule has 1 N–H and O–H groups in total. The van der Waals surface area contributed by atoms with Crippen molar-refractivity contribution in [3.63, 3.8) is 0 Å². The molecule has 0 radical (unpaired) electrons. The highest BCUT2D eigenvalue weighted by Crippen LogP contribution is 2.24. The summed E-state index contributed by atoms with van der Waals surface area (Å²) in [5.74, 6) is -0.106. The topological polar surface area (TPSA) is 66.3 Å². The van der Waals surface area contributed by atoms with Crippen molar-refractivity contribution in [1.82, 2.24) is 9.97 Å². The number of anilines is 1. The Morgan fingerprint density at radius 3 is 2.52 bits per heavy atom. The van der Waals surface area contributed by atoms with Crippen LogP contribution in [-0.2, 0) is 4.79 Å². The first-order valence-corrected chi connectivity index (χ1v) is 7.09. The van der Waals surface area contributed by atoms with Crippen molar-refractivity contribution >= 4 is 11.8 Å². The van der Waals surface area contributed by atoms with Gasteiger partial charge in [0.1, 0.15) is 5.82 Å². The van der Waals surface area contributed by atoms with Gasteiger partial charge < -0.3 is 10.0 Å². The third kappa shape index (κ3) is 3.02. The summed E-state index contributed by atoms with van der Waals surface area (Å²) < 4.78 is 0. The summed E-state index contributed by atoms with van der Waals surface area (Å²) >= 11 is 0. The van der Waals surface area contributed by atoms with Crippen LogP contribution in [0.25, 0.3) is 11.3 Å². The number of carbonyl (C=O) groups is 1. The summed E-state index contributed by atoms with van der Waals surface area (Å²) in [6.07, 6.45) is 4.82. The van der Waals surface area contributed by atoms with Crippen LogP contribution >= 0.6 is 0 Å². The number of nitrogens with zero attached hydrogens (tertiary/aromatic N) is 3. The van der Waals surface area contributed by atoms with E-state index < -0.39 is 5.97 Å². The van der Waals surface area contributed by atoms with Crippen LogP contribution in [0.2, 0.25) is 0 Å². The number of carboxylic acid groups (broad SMARTS) is 1. The van der Waals surface area contributed by atoms with Crippen LogP contribution < -0.4 is 4.90 Å². The lowest BCUT2D eigenvalue weighted by molar-refractivity contribution is -0.142. The van der Waals surface area contributed by atoms with E-state index >= 15 is 0 Å². The van der Waals surface area contributed by atoms with Gasteiger partial charge in [-0.2, -0.15) is 0 Å². The maximum atomic E-state index is 11.0. The molecule has 0 unspecified atom stereocenters. The Balaban J connectivity index is 1.77. The molecule has 1 saturated heterocycles. The first kappa shape index (κ1) is 13.5. The Bertz CT molecular complexity index is 622. The van der Waals surface area contributed by atoms with Gasteiger partial charge in [0, 0.05) is 18.7 Å². The molecule has 3 rings (SSSR count). The van der Waals surface area contributed by atoms with Crippen molar-refractivity contribution in [2.24, 2.45) is 5.92 Å². The fourth-order valence-electron chi connectivity index (χ4n) is 2.61. The second-order valence-electron chi connectivity index (χ2n) is 5.23. The van der Waals surface area contributed by atoms with Gasteiger partial charge in [0.15, 0.2) is 0 Å². The Labute approximate surface area is 123 Å². The molecule has 2 heterocycles. The highest BCUT2D eigenvalue weighted by atomic mass is 16.4. The number of benzene rings is 1. The first-order chi connectivity index (χ1) is 10.2. The number of aliphatic carboxylic acids is 1. The molecule has 2 aromatic rings. The SMILES string of the molecule is O=C(O)C1CCN(c2cncc(-c3ccccc3)n2)CC1. The molecule has 5 heteroatoms. The monoisotopic (exact) mass is 283 g/mol. The number of piperidine rings is 1. The van der Waals surface area contributed by atoms with E-state index in [0.29, 0.717) is 25.9 Å². The molecule has 0 saturated carbocycles. The summed E-state index contributed by atoms with van der Waals surface area (Å²) in [6, 6.07) is 9.93. The number of hydrogen-bond donors (Lipinski definition) is 1. The summed E-state index contributed by atoms with van der Waals surface area (Å²) in [7, 11) is 0. The van der Waals surface area contributed by atoms with Gasteiger partial charge in [-0.15, -0.1) is 0 Å². The van der Waals surface area contributed by atoms with Crippen LogP contribution in [0.5, 0.6) is 0 Å². The molecule has 0 amide bonds. The highest BCUT2D eigenvalue weighted by Gasteiger charge is 2.25. The van der Waals surface area contributed by atoms with E-state index in [-0.39, 0.29) is 5.92 Å². The summed E-state index contributed by atoms with van der Waals surface area (Å²) in [4.78, 5) is 22.0. The lowest BCUT2D eigenvalue weighted by Gasteiger charge is -2.30. The van der Waals surface area contributed by atoms with Crippen LogP contribution in [0.3, 0.4) is 0 Å². The molecule has 0 aliphatic carbocycles. The third-order valence-corrected chi connectivity index (χ3v) is 3.86. The Kier molecular flexibility index (Phi) is 3.81. The quantitative estimate of drug-likeness (QED) is 0.937. The lowest BCUT2D eigenvalue weighted by Crippen LogP contribution is -2.36. The maximum absolute atomic E-state index is 11.0. The van der Waals surface area contributed by atoms with Crippen LogP contribution in [0, 0.1) is 5.92 Å². The average molecular weight is 283 g/mol. The van der Waals surface area contributed by atoms with E-state index in [1.807, 2.05) is 30.3 Å². The van der Waals surface area contributed by atoms with E-state index in [1.165, 1.54) is 0 Å². The smallest absolute Gasteiger partial charge is 0.306 e. The van der Waals surface area contributed by atoms with Gasteiger partial charge in [-0.05, 0) is 12.8 Å². The molecule has 1 aliphatic heterocycles. The van der Waals surface area contributed by atoms with Crippen LogP contribution in [-0.4, -0.2) is 34.1 Å². The van der Waals surface area contributed by atoms with Gasteiger partial charge in [-0.25, -0.2) is 4.98 Å². The number of carboxylic acids is 1. The summed E-state index contributed by atoms with van der Waals surface area (Å²) in [5.41, 5.74) is 1.88. The number of aromatic nitrogens is 2. The normalized spacial score (nSPS) is 15.9. The average Bonchev–Trinajstić information content (AvgIpc) is 2.56. The predicted octanol–water partition coefficient (Wildman–Crippen LogP) is 2.44. The Morgan fingerprint density at radius 1 is 1.14 bits per heavy atom. The molecule has 0 bridgehead atoms. The number of hydrogen-bond acceptors (Lipinski definition) is 4. The zero-order valence-electron chi connectivity index (χ0n) is 11.6. The predicted molar refractivity (Wildman–Crippen MR) is 80.0 cm³/mol. The van der Waals surface area contributed by atoms with Gasteiger partial charge in [-0.3, -0.25) is 9.78 Å². The minimum absolute atomic E-state index is 0.230. The molecular weight excluding hydrogens is 266 g/mol. The number of rotatable bonds is 3. The van der Waals surface area contributed by atoms with Crippen molar-refractivity contribution in [1.29, 1.82) is 0 Å². The van der Waals surface area contributed by atoms with E-state index in [4.69, 9.17) is 5.11 Å². The molecule has 1 fully saturated rings. The van der Waals surface area contributed by atoms with Gasteiger partial charge >= 0.3 is 5.97 Å². The van der Waals surface area contributed by atoms with Gasteiger partial charge in [0.2, 0.25) is 0 Å². The molecule has 108 valence electrons. The molecular formula is C16H17N3O2. The fraction of sp³-hybridized carbons (Fsp3) is 0.312. The van der Waals surface area contributed by atoms with Crippen molar-refractivity contribution in [2.75, 3.05) is 18.0 Å². The minimum Gasteiger partial charge on any atom is -0.481 e. The molecule has 1 aromatic carbocycles. The Morgan fingerprint density at radius 2 is 1.86 bits per heavy atom. The highest BCUT2D eigenvalue weighted by molar-refractivity contribution is 5.70. The van der Waals surface area contributed by atoms with Crippen molar-refractivity contribution < 1.29 is 9.90 Å². The summed E-state index contributed by atoms with van der Waals surface area (Å²) in [6.45, 7) is 1.42. The molecule has 5 nitrogen and oxygen atoms in total. The summed E-state index contributed by atoms with van der Waals surface area (Å²) in [5, 5.41) is 9.04. The molecule has 0 atom stereocenters. The van der Waals surface area contributed by atoms with Crippen molar-refractivity contribution in [2.45, 2.75) is 12.8 Å². The standard InChI is InChI=1S/C16H17N3O2/c20-16(21)13-6-8-19(9-7-13)15-11-17-10-14(18-15)12-4-2-1-3-5-12/h1-5,10-11,13H,6-9H2,(H,20,21). The van der Waals surface area contributed by atoms with E-state index in [2.05, 4.69) is 14.9 Å². The third-order valence-electron chi connectivity index (χ3n) is 3.86. The largest absolute Gasteiger partial charge is 0.481 e. The van der Waals surface area contributed by atoms with Crippen LogP contribution in [0.4, 0.5) is 5.82 Å². The van der Waals surface area contributed by atoms with Crippen molar-refractivity contribution in [3.8, 4) is 11.3 Å². The second-order valence-corrected chi connectivity index (χ2v) is 5.23. The fourth-order valence-corrected chi connectivity index (χ4v) is 2.61.